The van der Waals surface area contributed by atoms with Crippen molar-refractivity contribution in [1.29, 1.82) is 0 Å². The third-order valence-electron chi connectivity index (χ3n) is 12.8. The number of amides is 1. The van der Waals surface area contributed by atoms with Crippen molar-refractivity contribution in [2.45, 2.75) is 189 Å². The van der Waals surface area contributed by atoms with Crippen LogP contribution in [-0.4, -0.2) is 180 Å². The fourth-order valence-corrected chi connectivity index (χ4v) is 8.62. The molecule has 0 aromatic carbocycles. The van der Waals surface area contributed by atoms with Crippen LogP contribution in [0.4, 0.5) is 0 Å². The minimum absolute atomic E-state index is 0.0973. The van der Waals surface area contributed by atoms with Crippen molar-refractivity contribution in [1.82, 2.24) is 5.32 Å². The Bertz CT molecular complexity index is 1770. The second-order valence-corrected chi connectivity index (χ2v) is 19.1. The van der Waals surface area contributed by atoms with E-state index < -0.39 is 153 Å². The number of fused-ring (bicyclic) bond motifs is 2. The van der Waals surface area contributed by atoms with E-state index in [4.69, 9.17) is 29.4 Å². The molecule has 19 nitrogen and oxygen atoms in total. The van der Waals surface area contributed by atoms with E-state index in [9.17, 15) is 60.7 Å². The van der Waals surface area contributed by atoms with E-state index in [-0.39, 0.29) is 38.2 Å². The summed E-state index contributed by atoms with van der Waals surface area (Å²) in [4.78, 5) is 26.5. The Hall–Kier alpha value is -3.48. The van der Waals surface area contributed by atoms with Crippen LogP contribution in [0.5, 0.6) is 0 Å². The molecule has 3 rings (SSSR count). The monoisotopic (exact) mass is 995 g/mol. The van der Waals surface area contributed by atoms with E-state index in [0.29, 0.717) is 0 Å². The Morgan fingerprint density at radius 3 is 1.91 bits per heavy atom. The minimum Gasteiger partial charge on any atom is -0.462 e. The molecule has 20 atom stereocenters. The van der Waals surface area contributed by atoms with Crippen molar-refractivity contribution in [3.63, 3.8) is 0 Å². The van der Waals surface area contributed by atoms with E-state index in [2.05, 4.69) is 5.32 Å². The quantitative estimate of drug-likeness (QED) is 0.164. The highest BCUT2D eigenvalue weighted by Gasteiger charge is 2.51. The molecule has 0 aromatic heterocycles. The maximum absolute atomic E-state index is 13.8. The average molecular weight is 995 g/mol. The van der Waals surface area contributed by atoms with Gasteiger partial charge < -0.3 is 85.8 Å². The van der Waals surface area contributed by atoms with Crippen LogP contribution in [0.15, 0.2) is 85.1 Å². The fraction of sp³-hybridized carbons (Fsp3) is 0.686. The van der Waals surface area contributed by atoms with Crippen LogP contribution in [0.25, 0.3) is 0 Å². The van der Waals surface area contributed by atoms with Crippen LogP contribution in [0.3, 0.4) is 0 Å². The topological polar surface area (TPSA) is 321 Å². The first-order chi connectivity index (χ1) is 33.0. The summed E-state index contributed by atoms with van der Waals surface area (Å²) in [5, 5.41) is 113. The first kappa shape index (κ1) is 60.8. The number of aliphatic hydroxyl groups is 10. The number of esters is 1. The van der Waals surface area contributed by atoms with Crippen LogP contribution in [0, 0.1) is 17.8 Å². The van der Waals surface area contributed by atoms with Crippen molar-refractivity contribution >= 4 is 11.9 Å². The number of hydrogen-bond acceptors (Lipinski definition) is 18. The molecule has 13 N–H and O–H groups in total. The third kappa shape index (κ3) is 20.6. The summed E-state index contributed by atoms with van der Waals surface area (Å²) in [6.45, 7) is 8.63. The van der Waals surface area contributed by atoms with Crippen LogP contribution >= 0.6 is 0 Å². The second kappa shape index (κ2) is 30.5. The highest BCUT2D eigenvalue weighted by Crippen LogP contribution is 2.38. The maximum atomic E-state index is 13.8. The Morgan fingerprint density at radius 1 is 0.729 bits per heavy atom. The Labute approximate surface area is 412 Å². The first-order valence-electron chi connectivity index (χ1n) is 24.3. The van der Waals surface area contributed by atoms with Gasteiger partial charge in [0.2, 0.25) is 5.91 Å². The summed E-state index contributed by atoms with van der Waals surface area (Å²) in [5.74, 6) is -5.67. The highest BCUT2D eigenvalue weighted by molar-refractivity contribution is 5.80. The number of carbonyl (C=O) groups excluding carboxylic acids is 2. The molecule has 2 bridgehead atoms. The summed E-state index contributed by atoms with van der Waals surface area (Å²) in [5.41, 5.74) is 6.10. The third-order valence-corrected chi connectivity index (χ3v) is 12.8. The zero-order valence-electron chi connectivity index (χ0n) is 41.3. The van der Waals surface area contributed by atoms with Crippen molar-refractivity contribution in [2.75, 3.05) is 13.7 Å². The number of methoxy groups -OCH3 is 1. The van der Waals surface area contributed by atoms with Gasteiger partial charge in [-0.25, -0.2) is 0 Å². The number of nitrogens with one attached hydrogen (secondary N) is 1. The SMILES string of the molecule is COCC(C)NC(=O)[C@H]1[C@@H]2C[C@@H](O[C@@H]3O[C@H](C)[C@@H](O)[C@H](N)[C@@H]3O)/C=C/C=C/C=C/C=C/C=C/C=C/C=C/[C@H](C)[C@@H](O)[C@@H](C)[C@H](C)OC(=O)C[C@H](O)C[C@H](O)CC[C@@H](O)[C@H](O)C[C@H](O)C[C@](O)(C[C@@H]1O)O2. The molecule has 2 fully saturated rings. The maximum Gasteiger partial charge on any atom is 0.308 e. The van der Waals surface area contributed by atoms with E-state index in [1.165, 1.54) is 7.11 Å². The number of allylic oxidation sites excluding steroid dienone is 12. The summed E-state index contributed by atoms with van der Waals surface area (Å²) < 4.78 is 28.9. The molecule has 1 unspecified atom stereocenters. The number of rotatable bonds is 6. The van der Waals surface area contributed by atoms with E-state index >= 15 is 0 Å². The molecule has 398 valence electrons. The molecule has 2 saturated heterocycles. The molecule has 3 heterocycles. The van der Waals surface area contributed by atoms with Gasteiger partial charge >= 0.3 is 5.97 Å². The molecule has 3 aliphatic rings. The van der Waals surface area contributed by atoms with Crippen molar-refractivity contribution in [2.24, 2.45) is 23.5 Å². The molecule has 0 aromatic rings. The second-order valence-electron chi connectivity index (χ2n) is 19.1. The van der Waals surface area contributed by atoms with Gasteiger partial charge in [-0.2, -0.15) is 0 Å². The summed E-state index contributed by atoms with van der Waals surface area (Å²) in [6, 6.07) is -1.63. The lowest BCUT2D eigenvalue weighted by molar-refractivity contribution is -0.307. The molecule has 0 aliphatic carbocycles. The summed E-state index contributed by atoms with van der Waals surface area (Å²) >= 11 is 0. The average Bonchev–Trinajstić information content (AvgIpc) is 3.27. The zero-order chi connectivity index (χ0) is 52.1. The summed E-state index contributed by atoms with van der Waals surface area (Å²) in [7, 11) is 1.46. The van der Waals surface area contributed by atoms with Gasteiger partial charge in [-0.05, 0) is 40.0 Å². The van der Waals surface area contributed by atoms with Crippen LogP contribution < -0.4 is 11.1 Å². The van der Waals surface area contributed by atoms with Crippen molar-refractivity contribution in [3.8, 4) is 0 Å². The van der Waals surface area contributed by atoms with E-state index in [0.717, 1.165) is 0 Å². The van der Waals surface area contributed by atoms with Crippen LogP contribution in [0.2, 0.25) is 0 Å². The largest absolute Gasteiger partial charge is 0.462 e. The number of ether oxygens (including phenoxy) is 5. The van der Waals surface area contributed by atoms with E-state index in [1.807, 2.05) is 43.4 Å². The number of aliphatic hydroxyl groups excluding tert-OH is 9. The lowest BCUT2D eigenvalue weighted by Crippen LogP contribution is -2.62. The molecule has 70 heavy (non-hydrogen) atoms. The van der Waals surface area contributed by atoms with Gasteiger partial charge in [-0.15, -0.1) is 0 Å². The molecular formula is C51H82N2O17. The normalized spacial score (nSPS) is 43.5. The first-order valence-corrected chi connectivity index (χ1v) is 24.3. The lowest BCUT2D eigenvalue weighted by atomic mass is 9.82. The number of carbonyl (C=O) groups is 2. The van der Waals surface area contributed by atoms with Crippen LogP contribution in [-0.2, 0) is 33.3 Å². The number of cyclic esters (lactones) is 1. The van der Waals surface area contributed by atoms with E-state index in [1.54, 1.807) is 76.3 Å². The molecule has 0 spiro atoms. The molecular weight excluding hydrogens is 913 g/mol. The smallest absolute Gasteiger partial charge is 0.308 e. The molecule has 1 amide bonds. The summed E-state index contributed by atoms with van der Waals surface area (Å²) in [6.07, 6.45) is 4.58. The lowest BCUT2D eigenvalue weighted by Gasteiger charge is -2.46. The molecule has 0 radical (unpaired) electrons. The van der Waals surface area contributed by atoms with Gasteiger partial charge in [-0.3, -0.25) is 9.59 Å². The van der Waals surface area contributed by atoms with Crippen molar-refractivity contribution in [3.05, 3.63) is 85.1 Å². The van der Waals surface area contributed by atoms with Crippen LogP contribution in [0.1, 0.15) is 86.0 Å². The fourth-order valence-electron chi connectivity index (χ4n) is 8.62. The number of hydrogen-bond donors (Lipinski definition) is 12. The Kier molecular flexibility index (Phi) is 26.5. The molecule has 3 aliphatic heterocycles. The van der Waals surface area contributed by atoms with Gasteiger partial charge in [0.15, 0.2) is 12.1 Å². The van der Waals surface area contributed by atoms with Gasteiger partial charge in [-0.1, -0.05) is 98.9 Å². The molecule has 0 saturated carbocycles. The van der Waals surface area contributed by atoms with Gasteiger partial charge in [0, 0.05) is 50.7 Å². The van der Waals surface area contributed by atoms with Crippen molar-refractivity contribution < 1.29 is 84.3 Å². The minimum atomic E-state index is -2.28. The number of nitrogens with two attached hydrogens (primary N) is 1. The van der Waals surface area contributed by atoms with Gasteiger partial charge in [0.05, 0.1) is 92.1 Å². The Morgan fingerprint density at radius 2 is 1.31 bits per heavy atom. The van der Waals surface area contributed by atoms with Gasteiger partial charge in [0.1, 0.15) is 12.2 Å². The predicted octanol–water partition coefficient (Wildman–Crippen LogP) is 0.778. The Balaban J connectivity index is 1.94. The predicted molar refractivity (Wildman–Crippen MR) is 259 cm³/mol. The molecule has 19 heteroatoms. The zero-order valence-corrected chi connectivity index (χ0v) is 41.3. The highest BCUT2D eigenvalue weighted by atomic mass is 16.7. The standard InChI is InChI=1S/C51H82N2O17/c1-30-19-17-15-13-11-9-7-8-10-12-14-16-18-20-38(69-50-48(63)45(52)47(62)34(5)68-50)26-42-44(49(64)53-31(2)29-66-6)41(59)28-51(65,70-42)27-37(56)24-40(58)39(57)22-21-35(54)23-36(55)25-43(60)67-33(4)32(3)46(30)61/h7-20,30-42,44-48,50,54-59,61-63,65H,21-29,52H2,1-6H3,(H,53,64)/b8-7+,11-9+,12-10+,15-13+,16-14+,19-17+,20-18+/t30-,31?,32-,33-,34+,35+,36+,37-,38-,39+,40+,41-,42-,44+,45-,46+,47+,48-,50-,51+/m0/s1. The van der Waals surface area contributed by atoms with Gasteiger partial charge in [0.25, 0.3) is 0 Å².